The molecule has 2 saturated carbocycles. The van der Waals surface area contributed by atoms with E-state index in [-0.39, 0.29) is 23.9 Å². The lowest BCUT2D eigenvalue weighted by Crippen LogP contribution is -2.54. The number of aromatic nitrogens is 2. The minimum absolute atomic E-state index is 0.0327. The number of aromatic amines is 1. The zero-order valence-corrected chi connectivity index (χ0v) is 19.3. The number of methoxy groups -OCH3 is 1. The van der Waals surface area contributed by atoms with E-state index in [4.69, 9.17) is 9.72 Å². The largest absolute Gasteiger partial charge is 0.453 e. The van der Waals surface area contributed by atoms with Crippen molar-refractivity contribution in [1.82, 2.24) is 20.2 Å². The van der Waals surface area contributed by atoms with Crippen LogP contribution in [0.1, 0.15) is 82.1 Å². The number of piperidine rings is 1. The number of H-pyrrole nitrogens is 1. The molecule has 32 heavy (non-hydrogen) atoms. The number of nitrogens with zero attached hydrogens (tertiary/aromatic N) is 2. The Morgan fingerprint density at radius 3 is 2.69 bits per heavy atom. The molecule has 4 atom stereocenters. The molecule has 1 saturated heterocycles. The lowest BCUT2D eigenvalue weighted by atomic mass is 9.95. The van der Waals surface area contributed by atoms with Gasteiger partial charge in [0.1, 0.15) is 11.9 Å². The molecule has 1 aliphatic heterocycles. The summed E-state index contributed by atoms with van der Waals surface area (Å²) in [5.74, 6) is 1.87. The molecule has 2 aliphatic carbocycles. The van der Waals surface area contributed by atoms with Crippen molar-refractivity contribution in [2.75, 3.05) is 7.11 Å². The number of benzene rings is 1. The first-order valence-electron chi connectivity index (χ1n) is 12.1. The predicted molar refractivity (Wildman–Crippen MR) is 122 cm³/mol. The van der Waals surface area contributed by atoms with Crippen molar-refractivity contribution in [3.63, 3.8) is 0 Å². The van der Waals surface area contributed by atoms with Crippen molar-refractivity contribution in [2.24, 2.45) is 11.8 Å². The Bertz CT molecular complexity index is 1010. The van der Waals surface area contributed by atoms with Gasteiger partial charge in [0.05, 0.1) is 24.2 Å². The molecule has 7 heteroatoms. The number of fused-ring (bicyclic) bond motifs is 3. The maximum atomic E-state index is 13.7. The number of ether oxygens (including phenoxy) is 1. The normalized spacial score (nSPS) is 26.2. The first-order valence-corrected chi connectivity index (χ1v) is 12.1. The van der Waals surface area contributed by atoms with Gasteiger partial charge in [0.15, 0.2) is 0 Å². The summed E-state index contributed by atoms with van der Waals surface area (Å²) < 4.78 is 4.77. The fraction of sp³-hybridized carbons (Fsp3) is 0.640. The molecule has 2 bridgehead atoms. The number of hydrogen-bond donors (Lipinski definition) is 2. The molecular formula is C25H34N4O3. The van der Waals surface area contributed by atoms with E-state index in [1.165, 1.54) is 38.4 Å². The summed E-state index contributed by atoms with van der Waals surface area (Å²) in [6.07, 6.45) is 7.73. The van der Waals surface area contributed by atoms with E-state index in [9.17, 15) is 9.59 Å². The fourth-order valence-electron chi connectivity index (χ4n) is 6.22. The Morgan fingerprint density at radius 2 is 1.97 bits per heavy atom. The first-order chi connectivity index (χ1) is 15.5. The van der Waals surface area contributed by atoms with Gasteiger partial charge in [-0.05, 0) is 67.6 Å². The minimum Gasteiger partial charge on any atom is -0.453 e. The maximum absolute atomic E-state index is 13.7. The number of rotatable bonds is 5. The monoisotopic (exact) mass is 438 g/mol. The lowest BCUT2D eigenvalue weighted by molar-refractivity contribution is -0.139. The summed E-state index contributed by atoms with van der Waals surface area (Å²) in [6, 6.07) is 6.14. The third kappa shape index (κ3) is 3.65. The zero-order chi connectivity index (χ0) is 22.4. The summed E-state index contributed by atoms with van der Waals surface area (Å²) in [6.45, 7) is 3.90. The summed E-state index contributed by atoms with van der Waals surface area (Å²) in [7, 11) is 1.33. The number of alkyl carbamates (subject to hydrolysis) is 1. The number of nitrogens with one attached hydrogen (secondary N) is 2. The number of amides is 2. The van der Waals surface area contributed by atoms with Crippen molar-refractivity contribution in [1.29, 1.82) is 0 Å². The van der Waals surface area contributed by atoms with Crippen molar-refractivity contribution in [3.8, 4) is 0 Å². The lowest BCUT2D eigenvalue weighted by Gasteiger charge is -2.37. The van der Waals surface area contributed by atoms with Crippen molar-refractivity contribution in [3.05, 3.63) is 29.6 Å². The van der Waals surface area contributed by atoms with E-state index in [0.717, 1.165) is 36.1 Å². The molecule has 0 spiro atoms. The molecular weight excluding hydrogens is 404 g/mol. The van der Waals surface area contributed by atoms with E-state index in [0.29, 0.717) is 11.8 Å². The van der Waals surface area contributed by atoms with Gasteiger partial charge in [-0.25, -0.2) is 9.78 Å². The third-order valence-corrected chi connectivity index (χ3v) is 7.86. The van der Waals surface area contributed by atoms with Crippen LogP contribution in [0.15, 0.2) is 18.2 Å². The Labute approximate surface area is 189 Å². The number of hydrogen-bond acceptors (Lipinski definition) is 4. The molecule has 3 aliphatic rings. The van der Waals surface area contributed by atoms with Gasteiger partial charge >= 0.3 is 6.09 Å². The highest BCUT2D eigenvalue weighted by Gasteiger charge is 2.51. The topological polar surface area (TPSA) is 87.3 Å². The maximum Gasteiger partial charge on any atom is 0.407 e. The number of carbonyl (C=O) groups is 2. The van der Waals surface area contributed by atoms with Crippen molar-refractivity contribution >= 4 is 23.0 Å². The molecule has 2 aromatic rings. The van der Waals surface area contributed by atoms with Crippen LogP contribution in [-0.4, -0.2) is 46.1 Å². The van der Waals surface area contributed by atoms with Crippen LogP contribution in [0.4, 0.5) is 4.79 Å². The molecule has 172 valence electrons. The second-order valence-electron chi connectivity index (χ2n) is 10.2. The Kier molecular flexibility index (Phi) is 5.59. The van der Waals surface area contributed by atoms with E-state index in [1.54, 1.807) is 0 Å². The number of likely N-dealkylation sites (tertiary alicyclic amines) is 1. The average molecular weight is 439 g/mol. The third-order valence-electron chi connectivity index (χ3n) is 7.86. The predicted octanol–water partition coefficient (Wildman–Crippen LogP) is 4.65. The number of imidazole rings is 1. The van der Waals surface area contributed by atoms with Crippen LogP contribution in [0.3, 0.4) is 0 Å². The van der Waals surface area contributed by atoms with Gasteiger partial charge in [-0.3, -0.25) is 4.79 Å². The van der Waals surface area contributed by atoms with Crippen LogP contribution in [0, 0.1) is 11.8 Å². The molecule has 5 rings (SSSR count). The van der Waals surface area contributed by atoms with E-state index in [1.807, 2.05) is 18.7 Å². The highest BCUT2D eigenvalue weighted by atomic mass is 16.5. The van der Waals surface area contributed by atoms with Gasteiger partial charge in [0.25, 0.3) is 0 Å². The van der Waals surface area contributed by atoms with Gasteiger partial charge in [0.2, 0.25) is 5.91 Å². The summed E-state index contributed by atoms with van der Waals surface area (Å²) in [4.78, 5) is 36.1. The highest BCUT2D eigenvalue weighted by Crippen LogP contribution is 2.50. The number of carbonyl (C=O) groups excluding carboxylic acids is 2. The smallest absolute Gasteiger partial charge is 0.407 e. The molecule has 1 aromatic carbocycles. The van der Waals surface area contributed by atoms with Crippen LogP contribution < -0.4 is 5.32 Å². The van der Waals surface area contributed by atoms with Gasteiger partial charge < -0.3 is 19.9 Å². The van der Waals surface area contributed by atoms with Crippen LogP contribution in [0.25, 0.3) is 11.0 Å². The Hall–Kier alpha value is -2.57. The molecule has 3 fully saturated rings. The van der Waals surface area contributed by atoms with Crippen LogP contribution >= 0.6 is 0 Å². The first kappa shape index (κ1) is 21.3. The van der Waals surface area contributed by atoms with Crippen molar-refractivity contribution in [2.45, 2.75) is 82.8 Å². The van der Waals surface area contributed by atoms with Crippen LogP contribution in [0.5, 0.6) is 0 Å². The standard InChI is InChI=1S/C25H34N4O3/c1-14(2)21(28-25(31)32-3)24(30)29-18-10-8-17(12-18)22(29)23-26-19-11-9-16(13-20(19)27-23)15-6-4-5-7-15/h9,11,13-15,17-18,21-22H,4-8,10,12H2,1-3H3,(H,26,27)(H,28,31). The summed E-state index contributed by atoms with van der Waals surface area (Å²) in [5.41, 5.74) is 3.42. The molecule has 2 amide bonds. The average Bonchev–Trinajstić information content (AvgIpc) is 3.58. The molecule has 2 heterocycles. The van der Waals surface area contributed by atoms with Gasteiger partial charge in [-0.1, -0.05) is 32.8 Å². The Balaban J connectivity index is 1.45. The van der Waals surface area contributed by atoms with E-state index in [2.05, 4.69) is 28.5 Å². The summed E-state index contributed by atoms with van der Waals surface area (Å²) >= 11 is 0. The molecule has 0 radical (unpaired) electrons. The zero-order valence-electron chi connectivity index (χ0n) is 19.3. The van der Waals surface area contributed by atoms with E-state index < -0.39 is 12.1 Å². The second-order valence-corrected chi connectivity index (χ2v) is 10.2. The van der Waals surface area contributed by atoms with Gasteiger partial charge in [0, 0.05) is 6.04 Å². The summed E-state index contributed by atoms with van der Waals surface area (Å²) in [5, 5.41) is 2.76. The van der Waals surface area contributed by atoms with Crippen molar-refractivity contribution < 1.29 is 14.3 Å². The highest BCUT2D eigenvalue weighted by molar-refractivity contribution is 5.87. The van der Waals surface area contributed by atoms with Gasteiger partial charge in [-0.2, -0.15) is 0 Å². The molecule has 2 N–H and O–H groups in total. The Morgan fingerprint density at radius 1 is 1.19 bits per heavy atom. The molecule has 7 nitrogen and oxygen atoms in total. The van der Waals surface area contributed by atoms with Gasteiger partial charge in [-0.15, -0.1) is 0 Å². The van der Waals surface area contributed by atoms with Crippen LogP contribution in [-0.2, 0) is 9.53 Å². The second kappa shape index (κ2) is 8.41. The van der Waals surface area contributed by atoms with Crippen LogP contribution in [0.2, 0.25) is 0 Å². The fourth-order valence-corrected chi connectivity index (χ4v) is 6.22. The molecule has 4 unspecified atom stereocenters. The minimum atomic E-state index is -0.609. The quantitative estimate of drug-likeness (QED) is 0.711. The SMILES string of the molecule is COC(=O)NC(C(=O)N1C2CCC(C2)C1c1nc2ccc(C3CCCC3)cc2[nH]1)C(C)C. The molecule has 1 aromatic heterocycles. The van der Waals surface area contributed by atoms with E-state index >= 15 is 0 Å².